The molecular formula is C26H31FN4O2. The number of benzene rings is 1. The van der Waals surface area contributed by atoms with Gasteiger partial charge in [0, 0.05) is 28.9 Å². The molecule has 1 fully saturated rings. The second-order valence-corrected chi connectivity index (χ2v) is 9.77. The molecule has 1 aromatic heterocycles. The average Bonchev–Trinajstić information content (AvgIpc) is 3.16. The second kappa shape index (κ2) is 9.40. The minimum absolute atomic E-state index is 0.00852. The van der Waals surface area contributed by atoms with Gasteiger partial charge in [-0.1, -0.05) is 34.6 Å². The molecule has 1 aliphatic rings. The molecule has 2 N–H and O–H groups in total. The van der Waals surface area contributed by atoms with Crippen LogP contribution in [0, 0.1) is 39.8 Å². The van der Waals surface area contributed by atoms with Crippen molar-refractivity contribution in [2.24, 2.45) is 17.3 Å². The third kappa shape index (κ3) is 4.67. The molecule has 0 spiro atoms. The number of carbonyl (C=O) groups excluding carboxylic acids is 1. The van der Waals surface area contributed by atoms with Crippen LogP contribution in [-0.2, 0) is 10.2 Å². The van der Waals surface area contributed by atoms with E-state index in [-0.39, 0.29) is 28.8 Å². The largest absolute Gasteiger partial charge is 0.380 e. The van der Waals surface area contributed by atoms with Crippen LogP contribution in [0.2, 0.25) is 0 Å². The average molecular weight is 451 g/mol. The number of nitrogens with one attached hydrogen (secondary N) is 2. The van der Waals surface area contributed by atoms with Gasteiger partial charge in [0.25, 0.3) is 5.91 Å². The van der Waals surface area contributed by atoms with E-state index in [4.69, 9.17) is 15.4 Å². The molecule has 0 radical (unpaired) electrons. The molecule has 2 heterocycles. The van der Waals surface area contributed by atoms with Crippen LogP contribution in [0.15, 0.2) is 36.5 Å². The van der Waals surface area contributed by atoms with Gasteiger partial charge in [0.2, 0.25) is 0 Å². The van der Waals surface area contributed by atoms with Crippen molar-refractivity contribution in [2.45, 2.75) is 46.5 Å². The normalized spacial score (nSPS) is 21.3. The van der Waals surface area contributed by atoms with Crippen LogP contribution >= 0.6 is 0 Å². The molecule has 1 aromatic carbocycles. The number of rotatable bonds is 6. The summed E-state index contributed by atoms with van der Waals surface area (Å²) in [5, 5.41) is 20.6. The zero-order valence-electron chi connectivity index (χ0n) is 19.8. The molecule has 1 saturated heterocycles. The monoisotopic (exact) mass is 450 g/mol. The maximum atomic E-state index is 15.4. The number of hydrogen-bond acceptors (Lipinski definition) is 5. The number of pyridine rings is 1. The molecule has 2 aromatic rings. The van der Waals surface area contributed by atoms with E-state index in [0.29, 0.717) is 42.2 Å². The third-order valence-corrected chi connectivity index (χ3v) is 6.63. The summed E-state index contributed by atoms with van der Waals surface area (Å²) >= 11 is 0. The summed E-state index contributed by atoms with van der Waals surface area (Å²) in [5.74, 6) is -1.04. The summed E-state index contributed by atoms with van der Waals surface area (Å²) < 4.78 is 21.2. The standard InChI is InChI=1S/C26H31FN4O2/c1-6-19(23(29)25(3,4)5)26(15-33-14-16(26)2)20-11-18(8-9-21(20)27)31-24(32)22-10-7-17(12-28)13-30-22/h7-11,13,16,19,29H,6,14-15H2,1-5H3,(H,31,32). The molecule has 1 amide bonds. The van der Waals surface area contributed by atoms with Gasteiger partial charge in [-0.2, -0.15) is 5.26 Å². The van der Waals surface area contributed by atoms with Crippen molar-refractivity contribution in [2.75, 3.05) is 18.5 Å². The Morgan fingerprint density at radius 1 is 1.39 bits per heavy atom. The molecule has 0 bridgehead atoms. The Labute approximate surface area is 194 Å². The Balaban J connectivity index is 2.02. The zero-order chi connectivity index (χ0) is 24.4. The Morgan fingerprint density at radius 2 is 2.12 bits per heavy atom. The second-order valence-electron chi connectivity index (χ2n) is 9.77. The van der Waals surface area contributed by atoms with E-state index in [1.165, 1.54) is 30.5 Å². The Bertz CT molecular complexity index is 1080. The number of carbonyl (C=O) groups is 1. The topological polar surface area (TPSA) is 98.9 Å². The fourth-order valence-corrected chi connectivity index (χ4v) is 4.77. The van der Waals surface area contributed by atoms with E-state index in [0.717, 1.165) is 0 Å². The highest BCUT2D eigenvalue weighted by Crippen LogP contribution is 2.49. The first kappa shape index (κ1) is 24.5. The first-order valence-electron chi connectivity index (χ1n) is 11.2. The van der Waals surface area contributed by atoms with Crippen LogP contribution in [0.4, 0.5) is 10.1 Å². The van der Waals surface area contributed by atoms with Crippen molar-refractivity contribution in [1.82, 2.24) is 4.98 Å². The van der Waals surface area contributed by atoms with E-state index in [2.05, 4.69) is 10.3 Å². The van der Waals surface area contributed by atoms with E-state index >= 15 is 4.39 Å². The van der Waals surface area contributed by atoms with Gasteiger partial charge >= 0.3 is 0 Å². The summed E-state index contributed by atoms with van der Waals surface area (Å²) in [5.41, 5.74) is 0.916. The first-order chi connectivity index (χ1) is 15.5. The molecule has 6 nitrogen and oxygen atoms in total. The molecular weight excluding hydrogens is 419 g/mol. The minimum atomic E-state index is -0.712. The van der Waals surface area contributed by atoms with Crippen LogP contribution in [0.25, 0.3) is 0 Å². The maximum absolute atomic E-state index is 15.4. The van der Waals surface area contributed by atoms with Crippen molar-refractivity contribution in [3.8, 4) is 6.07 Å². The minimum Gasteiger partial charge on any atom is -0.380 e. The summed E-state index contributed by atoms with van der Waals surface area (Å²) in [6, 6.07) is 9.51. The molecule has 0 saturated carbocycles. The van der Waals surface area contributed by atoms with Gasteiger partial charge in [0.05, 0.1) is 18.8 Å². The van der Waals surface area contributed by atoms with Gasteiger partial charge in [-0.15, -0.1) is 0 Å². The van der Waals surface area contributed by atoms with Crippen LogP contribution in [0.1, 0.15) is 62.7 Å². The molecule has 3 rings (SSSR count). The van der Waals surface area contributed by atoms with Crippen molar-refractivity contribution >= 4 is 17.3 Å². The van der Waals surface area contributed by atoms with Crippen molar-refractivity contribution in [1.29, 1.82) is 10.7 Å². The molecule has 174 valence electrons. The van der Waals surface area contributed by atoms with Crippen molar-refractivity contribution in [3.63, 3.8) is 0 Å². The predicted octanol–water partition coefficient (Wildman–Crippen LogP) is 5.34. The summed E-state index contributed by atoms with van der Waals surface area (Å²) in [7, 11) is 0. The fourth-order valence-electron chi connectivity index (χ4n) is 4.77. The lowest BCUT2D eigenvalue weighted by atomic mass is 9.59. The number of ether oxygens (including phenoxy) is 1. The van der Waals surface area contributed by atoms with Gasteiger partial charge < -0.3 is 15.5 Å². The van der Waals surface area contributed by atoms with Crippen molar-refractivity contribution < 1.29 is 13.9 Å². The Kier molecular flexibility index (Phi) is 6.99. The third-order valence-electron chi connectivity index (χ3n) is 6.63. The number of nitrogens with zero attached hydrogens (tertiary/aromatic N) is 2. The summed E-state index contributed by atoms with van der Waals surface area (Å²) in [6.45, 7) is 10.9. The lowest BCUT2D eigenvalue weighted by Crippen LogP contribution is -2.48. The van der Waals surface area contributed by atoms with E-state index in [9.17, 15) is 4.79 Å². The first-order valence-corrected chi connectivity index (χ1v) is 11.2. The number of aromatic nitrogens is 1. The van der Waals surface area contributed by atoms with Crippen LogP contribution < -0.4 is 5.32 Å². The maximum Gasteiger partial charge on any atom is 0.274 e. The number of hydrogen-bond donors (Lipinski definition) is 2. The lowest BCUT2D eigenvalue weighted by molar-refractivity contribution is 0.102. The number of amides is 1. The fraction of sp³-hybridized carbons (Fsp3) is 0.462. The molecule has 1 aliphatic heterocycles. The highest BCUT2D eigenvalue weighted by molar-refractivity contribution is 6.03. The Morgan fingerprint density at radius 3 is 2.64 bits per heavy atom. The van der Waals surface area contributed by atoms with E-state index in [1.54, 1.807) is 6.07 Å². The number of halogens is 1. The van der Waals surface area contributed by atoms with Gasteiger partial charge in [-0.05, 0) is 53.6 Å². The van der Waals surface area contributed by atoms with Gasteiger partial charge in [0.15, 0.2) is 0 Å². The predicted molar refractivity (Wildman–Crippen MR) is 126 cm³/mol. The van der Waals surface area contributed by atoms with Gasteiger partial charge in [-0.3, -0.25) is 4.79 Å². The SMILES string of the molecule is CCC(C(=N)C(C)(C)C)C1(c2cc(NC(=O)c3ccc(C#N)cn3)ccc2F)COCC1C. The van der Waals surface area contributed by atoms with Gasteiger partial charge in [-0.25, -0.2) is 9.37 Å². The smallest absolute Gasteiger partial charge is 0.274 e. The van der Waals surface area contributed by atoms with E-state index in [1.807, 2.05) is 40.7 Å². The molecule has 0 aliphatic carbocycles. The highest BCUT2D eigenvalue weighted by atomic mass is 19.1. The van der Waals surface area contributed by atoms with Crippen molar-refractivity contribution in [3.05, 3.63) is 59.2 Å². The van der Waals surface area contributed by atoms with Gasteiger partial charge in [0.1, 0.15) is 17.6 Å². The number of nitriles is 1. The molecule has 33 heavy (non-hydrogen) atoms. The molecule has 7 heteroatoms. The Hall–Kier alpha value is -3.11. The van der Waals surface area contributed by atoms with E-state index < -0.39 is 11.3 Å². The zero-order valence-corrected chi connectivity index (χ0v) is 19.8. The quantitative estimate of drug-likeness (QED) is 0.580. The van der Waals surface area contributed by atoms with Crippen LogP contribution in [0.5, 0.6) is 0 Å². The number of anilines is 1. The summed E-state index contributed by atoms with van der Waals surface area (Å²) in [6.07, 6.45) is 2.01. The highest BCUT2D eigenvalue weighted by Gasteiger charge is 2.52. The lowest BCUT2D eigenvalue weighted by Gasteiger charge is -2.43. The molecule has 3 unspecified atom stereocenters. The van der Waals surface area contributed by atoms with Crippen LogP contribution in [0.3, 0.4) is 0 Å². The van der Waals surface area contributed by atoms with Crippen LogP contribution in [-0.4, -0.2) is 29.8 Å². The summed E-state index contributed by atoms with van der Waals surface area (Å²) in [4.78, 5) is 16.7. The molecule has 3 atom stereocenters.